The van der Waals surface area contributed by atoms with Crippen molar-refractivity contribution in [2.75, 3.05) is 0 Å². The van der Waals surface area contributed by atoms with Gasteiger partial charge in [0.05, 0.1) is 0 Å². The van der Waals surface area contributed by atoms with Crippen LogP contribution in [0.3, 0.4) is 0 Å². The lowest BCUT2D eigenvalue weighted by atomic mass is 9.73. The van der Waals surface area contributed by atoms with E-state index in [9.17, 15) is 22.0 Å². The van der Waals surface area contributed by atoms with Crippen LogP contribution in [0.25, 0.3) is 0 Å². The van der Waals surface area contributed by atoms with Crippen molar-refractivity contribution in [2.24, 2.45) is 17.8 Å². The number of ether oxygens (including phenoxy) is 1. The maximum Gasteiger partial charge on any atom is 0.573 e. The molecule has 1 nitrogen and oxygen atoms in total. The van der Waals surface area contributed by atoms with E-state index < -0.39 is 35.4 Å². The van der Waals surface area contributed by atoms with E-state index in [2.05, 4.69) is 11.7 Å². The Hall–Kier alpha value is -2.25. The Kier molecular flexibility index (Phi) is 9.25. The highest BCUT2D eigenvalue weighted by Crippen LogP contribution is 2.45. The Morgan fingerprint density at radius 2 is 1.29 bits per heavy atom. The fourth-order valence-corrected chi connectivity index (χ4v) is 7.70. The Labute approximate surface area is 237 Å². The molecule has 0 heterocycles. The van der Waals surface area contributed by atoms with Crippen molar-refractivity contribution < 1.29 is 35.5 Å². The molecule has 1 unspecified atom stereocenters. The lowest BCUT2D eigenvalue weighted by Gasteiger charge is -2.32. The summed E-state index contributed by atoms with van der Waals surface area (Å²) >= 11 is 0. The first-order valence-corrected chi connectivity index (χ1v) is 15.3. The summed E-state index contributed by atoms with van der Waals surface area (Å²) in [5.41, 5.74) is 1.76. The summed E-state index contributed by atoms with van der Waals surface area (Å²) in [6, 6.07) is 3.26. The molecule has 3 aliphatic carbocycles. The van der Waals surface area contributed by atoms with E-state index in [0.717, 1.165) is 42.4 Å². The minimum atomic E-state index is -5.21. The van der Waals surface area contributed by atoms with Crippen LogP contribution < -0.4 is 4.74 Å². The zero-order valence-corrected chi connectivity index (χ0v) is 23.6. The van der Waals surface area contributed by atoms with Crippen molar-refractivity contribution in [1.29, 1.82) is 0 Å². The van der Waals surface area contributed by atoms with Gasteiger partial charge in [0.1, 0.15) is 11.6 Å². The van der Waals surface area contributed by atoms with Gasteiger partial charge < -0.3 is 4.74 Å². The van der Waals surface area contributed by atoms with Crippen molar-refractivity contribution in [3.63, 3.8) is 0 Å². The van der Waals surface area contributed by atoms with Crippen LogP contribution in [0.15, 0.2) is 18.2 Å². The molecule has 0 saturated heterocycles. The highest BCUT2D eigenvalue weighted by atomic mass is 19.4. The molecule has 2 aromatic rings. The molecular formula is C33H39F7O. The Balaban J connectivity index is 1.20. The topological polar surface area (TPSA) is 9.23 Å². The van der Waals surface area contributed by atoms with Crippen molar-refractivity contribution in [1.82, 2.24) is 0 Å². The predicted molar refractivity (Wildman–Crippen MR) is 144 cm³/mol. The first-order valence-electron chi connectivity index (χ1n) is 15.3. The van der Waals surface area contributed by atoms with E-state index in [1.54, 1.807) is 0 Å². The molecule has 0 radical (unpaired) electrons. The first kappa shape index (κ1) is 30.2. The number of hydrogen-bond acceptors (Lipinski definition) is 1. The molecule has 0 amide bonds. The van der Waals surface area contributed by atoms with Crippen LogP contribution in [0.1, 0.15) is 118 Å². The van der Waals surface area contributed by atoms with Gasteiger partial charge in [-0.25, -0.2) is 17.6 Å². The Bertz CT molecular complexity index is 1180. The molecule has 0 spiro atoms. The average Bonchev–Trinajstić information content (AvgIpc) is 2.93. The first-order chi connectivity index (χ1) is 19.5. The van der Waals surface area contributed by atoms with Crippen molar-refractivity contribution >= 4 is 0 Å². The molecule has 0 aliphatic heterocycles. The lowest BCUT2D eigenvalue weighted by molar-refractivity contribution is -0.276. The van der Waals surface area contributed by atoms with E-state index >= 15 is 8.78 Å². The second-order valence-corrected chi connectivity index (χ2v) is 12.6. The number of alkyl halides is 3. The summed E-state index contributed by atoms with van der Waals surface area (Å²) in [5.74, 6) is -3.84. The van der Waals surface area contributed by atoms with Gasteiger partial charge in [0, 0.05) is 5.56 Å². The third kappa shape index (κ3) is 7.05. The van der Waals surface area contributed by atoms with Crippen LogP contribution >= 0.6 is 0 Å². The zero-order chi connectivity index (χ0) is 29.3. The van der Waals surface area contributed by atoms with E-state index in [1.165, 1.54) is 44.6 Å². The van der Waals surface area contributed by atoms with Crippen LogP contribution in [0.5, 0.6) is 5.75 Å². The maximum atomic E-state index is 15.7. The number of fused-ring (bicyclic) bond motifs is 1. The van der Waals surface area contributed by atoms with Gasteiger partial charge in [-0.2, -0.15) is 0 Å². The summed E-state index contributed by atoms with van der Waals surface area (Å²) < 4.78 is 100. The van der Waals surface area contributed by atoms with E-state index in [0.29, 0.717) is 50.0 Å². The van der Waals surface area contributed by atoms with Crippen molar-refractivity contribution in [2.45, 2.75) is 115 Å². The lowest BCUT2D eigenvalue weighted by Crippen LogP contribution is -2.21. The smallest absolute Gasteiger partial charge is 0.399 e. The molecule has 3 aliphatic rings. The molecule has 2 aromatic carbocycles. The maximum absolute atomic E-state index is 15.7. The summed E-state index contributed by atoms with van der Waals surface area (Å²) in [7, 11) is 0. The SMILES string of the molecule is CCC1CCC(CCC2CCc3c(cc(F)c(C4CCC(c5cc(F)c(OC(F)(F)F)c(F)c5)CC4)c3F)C2)CC1. The van der Waals surface area contributed by atoms with Crippen LogP contribution in [0.2, 0.25) is 0 Å². The molecule has 5 rings (SSSR count). The minimum Gasteiger partial charge on any atom is -0.399 e. The highest BCUT2D eigenvalue weighted by Gasteiger charge is 2.36. The van der Waals surface area contributed by atoms with Crippen LogP contribution in [-0.4, -0.2) is 6.36 Å². The van der Waals surface area contributed by atoms with Gasteiger partial charge in [-0.3, -0.25) is 0 Å². The van der Waals surface area contributed by atoms with Gasteiger partial charge in [0.2, 0.25) is 5.75 Å². The van der Waals surface area contributed by atoms with E-state index in [1.807, 2.05) is 0 Å². The normalized spacial score (nSPS) is 27.0. The molecular weight excluding hydrogens is 545 g/mol. The van der Waals surface area contributed by atoms with Gasteiger partial charge in [0.15, 0.2) is 11.6 Å². The van der Waals surface area contributed by atoms with Gasteiger partial charge in [-0.15, -0.1) is 13.2 Å². The van der Waals surface area contributed by atoms with Crippen molar-refractivity contribution in [3.05, 3.63) is 63.7 Å². The summed E-state index contributed by atoms with van der Waals surface area (Å²) in [5, 5.41) is 0. The van der Waals surface area contributed by atoms with Gasteiger partial charge >= 0.3 is 6.36 Å². The monoisotopic (exact) mass is 584 g/mol. The number of benzene rings is 2. The summed E-state index contributed by atoms with van der Waals surface area (Å²) in [6.07, 6.45) is 7.55. The Morgan fingerprint density at radius 1 is 0.707 bits per heavy atom. The summed E-state index contributed by atoms with van der Waals surface area (Å²) in [4.78, 5) is 0. The molecule has 0 aromatic heterocycles. The fourth-order valence-electron chi connectivity index (χ4n) is 7.70. The highest BCUT2D eigenvalue weighted by molar-refractivity contribution is 5.39. The molecule has 8 heteroatoms. The van der Waals surface area contributed by atoms with Crippen LogP contribution in [0, 0.1) is 41.0 Å². The minimum absolute atomic E-state index is 0.111. The van der Waals surface area contributed by atoms with Crippen molar-refractivity contribution in [3.8, 4) is 5.75 Å². The van der Waals surface area contributed by atoms with E-state index in [-0.39, 0.29) is 23.0 Å². The average molecular weight is 585 g/mol. The fraction of sp³-hybridized carbons (Fsp3) is 0.636. The number of hydrogen-bond donors (Lipinski definition) is 0. The third-order valence-electron chi connectivity index (χ3n) is 10.1. The molecule has 2 fully saturated rings. The third-order valence-corrected chi connectivity index (χ3v) is 10.1. The molecule has 0 bridgehead atoms. The number of halogens is 7. The second-order valence-electron chi connectivity index (χ2n) is 12.6. The van der Waals surface area contributed by atoms with E-state index in [4.69, 9.17) is 0 Å². The molecule has 41 heavy (non-hydrogen) atoms. The molecule has 226 valence electrons. The molecule has 2 saturated carbocycles. The number of rotatable bonds is 7. The standard InChI is InChI=1S/C33H39F7O/c1-2-19-3-5-20(6-4-19)7-8-21-9-14-26-25(15-21)18-27(34)30(31(26)37)23-12-10-22(11-13-23)24-16-28(35)32(29(36)17-24)41-33(38,39)40/h16-23H,2-15H2,1H3. The largest absolute Gasteiger partial charge is 0.573 e. The zero-order valence-electron chi connectivity index (χ0n) is 23.6. The van der Waals surface area contributed by atoms with Crippen LogP contribution in [0.4, 0.5) is 30.7 Å². The summed E-state index contributed by atoms with van der Waals surface area (Å²) in [6.45, 7) is 2.27. The van der Waals surface area contributed by atoms with Crippen LogP contribution in [-0.2, 0) is 12.8 Å². The molecule has 1 atom stereocenters. The molecule has 0 N–H and O–H groups in total. The van der Waals surface area contributed by atoms with Gasteiger partial charge in [-0.1, -0.05) is 45.4 Å². The Morgan fingerprint density at radius 3 is 1.90 bits per heavy atom. The second kappa shape index (κ2) is 12.5. The predicted octanol–water partition coefficient (Wildman–Crippen LogP) is 10.7. The van der Waals surface area contributed by atoms with Gasteiger partial charge in [0.25, 0.3) is 0 Å². The van der Waals surface area contributed by atoms with Gasteiger partial charge in [-0.05, 0) is 116 Å². The quantitative estimate of drug-likeness (QED) is 0.294.